The van der Waals surface area contributed by atoms with Crippen LogP contribution in [0.15, 0.2) is 24.3 Å². The molecule has 0 saturated carbocycles. The number of carbonyl (C=O) groups is 2. The smallest absolute Gasteiger partial charge is 0.251 e. The molecule has 0 aromatic heterocycles. The maximum Gasteiger partial charge on any atom is 0.251 e. The number of carbonyl (C=O) groups excluding carboxylic acids is 2. The Bertz CT molecular complexity index is 540. The highest BCUT2D eigenvalue weighted by Gasteiger charge is 2.41. The van der Waals surface area contributed by atoms with Crippen LogP contribution in [0.1, 0.15) is 32.4 Å². The highest BCUT2D eigenvalue weighted by atomic mass is 16.2. The first-order chi connectivity index (χ1) is 9.37. The summed E-state index contributed by atoms with van der Waals surface area (Å²) in [5, 5.41) is 5.60. The second-order valence-electron chi connectivity index (χ2n) is 5.59. The van der Waals surface area contributed by atoms with Gasteiger partial charge >= 0.3 is 0 Å². The molecular formula is C15H21N3O2. The second-order valence-corrected chi connectivity index (χ2v) is 5.59. The molecule has 2 amide bonds. The molecule has 5 nitrogen and oxygen atoms in total. The Morgan fingerprint density at radius 3 is 2.60 bits per heavy atom. The van der Waals surface area contributed by atoms with Gasteiger partial charge in [-0.15, -0.1) is 0 Å². The minimum absolute atomic E-state index is 0.141. The van der Waals surface area contributed by atoms with Crippen LogP contribution in [0.5, 0.6) is 0 Å². The summed E-state index contributed by atoms with van der Waals surface area (Å²) in [5.74, 6) is -0.526. The van der Waals surface area contributed by atoms with E-state index in [9.17, 15) is 9.59 Å². The SMILES string of the molecule is CNC(C)c1ccccc1N1CC(=O)NC(=O)C1(C)C. The minimum Gasteiger partial charge on any atom is -0.348 e. The Morgan fingerprint density at radius 2 is 1.95 bits per heavy atom. The first-order valence-electron chi connectivity index (χ1n) is 6.76. The lowest BCUT2D eigenvalue weighted by Crippen LogP contribution is -2.64. The monoisotopic (exact) mass is 275 g/mol. The van der Waals surface area contributed by atoms with Gasteiger partial charge in [0.15, 0.2) is 0 Å². The third-order valence-electron chi connectivity index (χ3n) is 3.91. The van der Waals surface area contributed by atoms with Crippen molar-refractivity contribution in [2.45, 2.75) is 32.4 Å². The van der Waals surface area contributed by atoms with Gasteiger partial charge in [-0.25, -0.2) is 0 Å². The normalized spacial score (nSPS) is 19.7. The molecule has 2 N–H and O–H groups in total. The van der Waals surface area contributed by atoms with E-state index in [1.807, 2.05) is 50.1 Å². The molecule has 5 heteroatoms. The molecule has 0 aliphatic carbocycles. The molecule has 1 aromatic rings. The summed E-state index contributed by atoms with van der Waals surface area (Å²) in [7, 11) is 1.89. The number of rotatable bonds is 3. The average Bonchev–Trinajstić information content (AvgIpc) is 2.42. The van der Waals surface area contributed by atoms with Gasteiger partial charge in [0, 0.05) is 11.7 Å². The van der Waals surface area contributed by atoms with Gasteiger partial charge in [0.1, 0.15) is 5.54 Å². The predicted molar refractivity (Wildman–Crippen MR) is 78.5 cm³/mol. The number of imide groups is 1. The fraction of sp³-hybridized carbons (Fsp3) is 0.467. The van der Waals surface area contributed by atoms with Crippen LogP contribution in [0.2, 0.25) is 0 Å². The Labute approximate surface area is 119 Å². The quantitative estimate of drug-likeness (QED) is 0.814. The van der Waals surface area contributed by atoms with Gasteiger partial charge in [0.2, 0.25) is 5.91 Å². The topological polar surface area (TPSA) is 61.4 Å². The largest absolute Gasteiger partial charge is 0.348 e. The van der Waals surface area contributed by atoms with Crippen molar-refractivity contribution in [3.05, 3.63) is 29.8 Å². The van der Waals surface area contributed by atoms with Gasteiger partial charge in [0.05, 0.1) is 6.54 Å². The Hall–Kier alpha value is -1.88. The fourth-order valence-corrected chi connectivity index (χ4v) is 2.42. The number of hydrogen-bond acceptors (Lipinski definition) is 4. The molecule has 0 bridgehead atoms. The molecule has 108 valence electrons. The van der Waals surface area contributed by atoms with Gasteiger partial charge in [-0.05, 0) is 39.4 Å². The zero-order valence-electron chi connectivity index (χ0n) is 12.4. The second kappa shape index (κ2) is 5.25. The maximum absolute atomic E-state index is 12.1. The van der Waals surface area contributed by atoms with Gasteiger partial charge in [-0.2, -0.15) is 0 Å². The van der Waals surface area contributed by atoms with E-state index in [0.29, 0.717) is 0 Å². The van der Waals surface area contributed by atoms with Crippen molar-refractivity contribution in [2.24, 2.45) is 0 Å². The maximum atomic E-state index is 12.1. The summed E-state index contributed by atoms with van der Waals surface area (Å²) in [5.41, 5.74) is 1.24. The molecule has 1 fully saturated rings. The number of piperazine rings is 1. The first kappa shape index (κ1) is 14.5. The fourth-order valence-electron chi connectivity index (χ4n) is 2.42. The van der Waals surface area contributed by atoms with Crippen molar-refractivity contribution in [3.8, 4) is 0 Å². The van der Waals surface area contributed by atoms with Crippen molar-refractivity contribution in [1.82, 2.24) is 10.6 Å². The molecule has 1 heterocycles. The number of amides is 2. The summed E-state index contributed by atoms with van der Waals surface area (Å²) < 4.78 is 0. The third kappa shape index (κ3) is 2.41. The van der Waals surface area contributed by atoms with Crippen LogP contribution < -0.4 is 15.5 Å². The van der Waals surface area contributed by atoms with Crippen molar-refractivity contribution in [3.63, 3.8) is 0 Å². The summed E-state index contributed by atoms with van der Waals surface area (Å²) in [6.45, 7) is 5.90. The summed E-state index contributed by atoms with van der Waals surface area (Å²) >= 11 is 0. The number of benzene rings is 1. The number of para-hydroxylation sites is 1. The number of nitrogens with one attached hydrogen (secondary N) is 2. The number of nitrogens with zero attached hydrogens (tertiary/aromatic N) is 1. The molecule has 1 aliphatic heterocycles. The van der Waals surface area contributed by atoms with Gasteiger partial charge in [-0.3, -0.25) is 14.9 Å². The summed E-state index contributed by atoms with van der Waals surface area (Å²) in [4.78, 5) is 25.7. The van der Waals surface area contributed by atoms with E-state index in [1.54, 1.807) is 0 Å². The van der Waals surface area contributed by atoms with Crippen LogP contribution in [0.4, 0.5) is 5.69 Å². The van der Waals surface area contributed by atoms with Crippen LogP contribution >= 0.6 is 0 Å². The van der Waals surface area contributed by atoms with Crippen molar-refractivity contribution < 1.29 is 9.59 Å². The third-order valence-corrected chi connectivity index (χ3v) is 3.91. The number of anilines is 1. The standard InChI is InChI=1S/C15H21N3O2/c1-10(16-4)11-7-5-6-8-12(11)18-9-13(19)17-14(20)15(18,2)3/h5-8,10,16H,9H2,1-4H3,(H,17,19,20). The molecule has 1 saturated heterocycles. The molecule has 1 aromatic carbocycles. The molecule has 0 spiro atoms. The van der Waals surface area contributed by atoms with Crippen molar-refractivity contribution in [1.29, 1.82) is 0 Å². The van der Waals surface area contributed by atoms with E-state index in [2.05, 4.69) is 17.6 Å². The average molecular weight is 275 g/mol. The predicted octanol–water partition coefficient (Wildman–Crippen LogP) is 1.21. The van der Waals surface area contributed by atoms with E-state index in [4.69, 9.17) is 0 Å². The molecule has 1 atom stereocenters. The van der Waals surface area contributed by atoms with Gasteiger partial charge in [0.25, 0.3) is 5.91 Å². The van der Waals surface area contributed by atoms with E-state index in [-0.39, 0.29) is 24.4 Å². The first-order valence-corrected chi connectivity index (χ1v) is 6.76. The van der Waals surface area contributed by atoms with Crippen LogP contribution in [0.3, 0.4) is 0 Å². The Morgan fingerprint density at radius 1 is 1.30 bits per heavy atom. The minimum atomic E-state index is -0.753. The van der Waals surface area contributed by atoms with E-state index in [0.717, 1.165) is 11.3 Å². The van der Waals surface area contributed by atoms with Crippen LogP contribution in [-0.2, 0) is 9.59 Å². The number of hydrogen-bond donors (Lipinski definition) is 2. The zero-order chi connectivity index (χ0) is 14.9. The molecular weight excluding hydrogens is 254 g/mol. The summed E-state index contributed by atoms with van der Waals surface area (Å²) in [6.07, 6.45) is 0. The molecule has 1 aliphatic rings. The lowest BCUT2D eigenvalue weighted by atomic mass is 9.95. The van der Waals surface area contributed by atoms with Crippen LogP contribution in [0, 0.1) is 0 Å². The lowest BCUT2D eigenvalue weighted by Gasteiger charge is -2.43. The van der Waals surface area contributed by atoms with Crippen LogP contribution in [-0.4, -0.2) is 30.9 Å². The van der Waals surface area contributed by atoms with Gasteiger partial charge < -0.3 is 10.2 Å². The molecule has 2 rings (SSSR count). The lowest BCUT2D eigenvalue weighted by molar-refractivity contribution is -0.135. The zero-order valence-corrected chi connectivity index (χ0v) is 12.4. The van der Waals surface area contributed by atoms with Crippen molar-refractivity contribution in [2.75, 3.05) is 18.5 Å². The summed E-state index contributed by atoms with van der Waals surface area (Å²) in [6, 6.07) is 8.00. The van der Waals surface area contributed by atoms with Crippen molar-refractivity contribution >= 4 is 17.5 Å². The van der Waals surface area contributed by atoms with E-state index in [1.165, 1.54) is 0 Å². The highest BCUT2D eigenvalue weighted by molar-refractivity contribution is 6.06. The molecule has 1 unspecified atom stereocenters. The van der Waals surface area contributed by atoms with E-state index < -0.39 is 5.54 Å². The molecule has 0 radical (unpaired) electrons. The highest BCUT2D eigenvalue weighted by Crippen LogP contribution is 2.32. The Balaban J connectivity index is 2.49. The van der Waals surface area contributed by atoms with Gasteiger partial charge in [-0.1, -0.05) is 18.2 Å². The molecule has 20 heavy (non-hydrogen) atoms. The Kier molecular flexibility index (Phi) is 3.81. The van der Waals surface area contributed by atoms with Crippen LogP contribution in [0.25, 0.3) is 0 Å². The van der Waals surface area contributed by atoms with E-state index >= 15 is 0 Å².